The van der Waals surface area contributed by atoms with E-state index in [0.29, 0.717) is 5.56 Å². The first-order chi connectivity index (χ1) is 8.97. The average Bonchev–Trinajstić information content (AvgIpc) is 2.37. The van der Waals surface area contributed by atoms with Crippen molar-refractivity contribution < 1.29 is 13.0 Å². The number of hydrogen-bond acceptors (Lipinski definition) is 2. The molecule has 0 amide bonds. The molecular weight excluding hydrogens is 260 g/mol. The normalized spacial score (nSPS) is 11.7. The summed E-state index contributed by atoms with van der Waals surface area (Å²) in [5, 5.41) is 0.0266. The summed E-state index contributed by atoms with van der Waals surface area (Å²) in [6.45, 7) is 1.92. The molecule has 0 aromatic heterocycles. The third-order valence-electron chi connectivity index (χ3n) is 2.89. The van der Waals surface area contributed by atoms with E-state index in [1.54, 1.807) is 12.1 Å². The second-order valence-electron chi connectivity index (χ2n) is 4.43. The SMILES string of the molecule is Cc1ccc([C](Cc2ccccc2)S(=O)(=O)O)cc1. The van der Waals surface area contributed by atoms with Crippen molar-refractivity contribution in [2.24, 2.45) is 0 Å². The molecule has 0 aliphatic rings. The maximum Gasteiger partial charge on any atom is 0.277 e. The average molecular weight is 275 g/mol. The van der Waals surface area contributed by atoms with E-state index >= 15 is 0 Å². The Morgan fingerprint density at radius 3 is 2.11 bits per heavy atom. The molecule has 0 bridgehead atoms. The second-order valence-corrected chi connectivity index (χ2v) is 5.87. The summed E-state index contributed by atoms with van der Waals surface area (Å²) in [5.74, 6) is 0. The third-order valence-corrected chi connectivity index (χ3v) is 3.90. The molecule has 1 N–H and O–H groups in total. The molecule has 99 valence electrons. The molecule has 0 spiro atoms. The summed E-state index contributed by atoms with van der Waals surface area (Å²) in [6, 6.07) is 16.3. The van der Waals surface area contributed by atoms with Crippen LogP contribution in [0.25, 0.3) is 0 Å². The van der Waals surface area contributed by atoms with Crippen molar-refractivity contribution in [2.75, 3.05) is 0 Å². The van der Waals surface area contributed by atoms with Crippen LogP contribution in [0.5, 0.6) is 0 Å². The zero-order chi connectivity index (χ0) is 13.9. The van der Waals surface area contributed by atoms with E-state index in [1.165, 1.54) is 0 Å². The van der Waals surface area contributed by atoms with E-state index in [2.05, 4.69) is 0 Å². The van der Waals surface area contributed by atoms with Crippen LogP contribution in [0.3, 0.4) is 0 Å². The standard InChI is InChI=1S/C15H15O3S/c1-12-7-9-14(10-8-12)15(19(16,17)18)11-13-5-3-2-4-6-13/h2-10H,11H2,1H3,(H,16,17,18). The molecule has 0 saturated heterocycles. The lowest BCUT2D eigenvalue weighted by molar-refractivity contribution is 0.484. The molecule has 0 atom stereocenters. The van der Waals surface area contributed by atoms with Gasteiger partial charge in [-0.3, -0.25) is 4.55 Å². The highest BCUT2D eigenvalue weighted by molar-refractivity contribution is 7.89. The largest absolute Gasteiger partial charge is 0.285 e. The smallest absolute Gasteiger partial charge is 0.277 e. The topological polar surface area (TPSA) is 54.4 Å². The van der Waals surface area contributed by atoms with Gasteiger partial charge in [0, 0.05) is 6.42 Å². The zero-order valence-corrected chi connectivity index (χ0v) is 11.4. The van der Waals surface area contributed by atoms with Gasteiger partial charge in [-0.15, -0.1) is 0 Å². The van der Waals surface area contributed by atoms with Gasteiger partial charge in [-0.05, 0) is 18.1 Å². The van der Waals surface area contributed by atoms with Gasteiger partial charge in [0.25, 0.3) is 10.1 Å². The van der Waals surface area contributed by atoms with Crippen molar-refractivity contribution in [2.45, 2.75) is 13.3 Å². The summed E-state index contributed by atoms with van der Waals surface area (Å²) in [5.41, 5.74) is 2.41. The lowest BCUT2D eigenvalue weighted by atomic mass is 10.0. The van der Waals surface area contributed by atoms with E-state index < -0.39 is 10.1 Å². The first kappa shape index (κ1) is 13.8. The van der Waals surface area contributed by atoms with E-state index in [0.717, 1.165) is 11.1 Å². The van der Waals surface area contributed by atoms with E-state index in [-0.39, 0.29) is 11.7 Å². The van der Waals surface area contributed by atoms with Crippen molar-refractivity contribution in [3.05, 3.63) is 76.5 Å². The van der Waals surface area contributed by atoms with Crippen molar-refractivity contribution in [1.82, 2.24) is 0 Å². The molecule has 4 heteroatoms. The van der Waals surface area contributed by atoms with Crippen LogP contribution in [0.1, 0.15) is 16.7 Å². The molecular formula is C15H15O3S. The fourth-order valence-electron chi connectivity index (χ4n) is 1.86. The Bertz CT molecular complexity index is 631. The molecule has 0 aliphatic carbocycles. The van der Waals surface area contributed by atoms with Gasteiger partial charge >= 0.3 is 0 Å². The van der Waals surface area contributed by atoms with Gasteiger partial charge in [0.15, 0.2) is 5.25 Å². The van der Waals surface area contributed by atoms with Crippen LogP contribution >= 0.6 is 0 Å². The Kier molecular flexibility index (Phi) is 4.02. The van der Waals surface area contributed by atoms with Crippen LogP contribution in [0.4, 0.5) is 0 Å². The van der Waals surface area contributed by atoms with E-state index in [4.69, 9.17) is 0 Å². The van der Waals surface area contributed by atoms with Crippen molar-refractivity contribution in [3.8, 4) is 0 Å². The fourth-order valence-corrected chi connectivity index (χ4v) is 2.65. The second kappa shape index (κ2) is 5.55. The van der Waals surface area contributed by atoms with Crippen LogP contribution in [-0.4, -0.2) is 13.0 Å². The molecule has 2 aromatic rings. The van der Waals surface area contributed by atoms with Crippen LogP contribution in [0.15, 0.2) is 54.6 Å². The first-order valence-corrected chi connectivity index (χ1v) is 7.35. The molecule has 1 radical (unpaired) electrons. The highest BCUT2D eigenvalue weighted by Gasteiger charge is 2.26. The van der Waals surface area contributed by atoms with Gasteiger partial charge in [-0.25, -0.2) is 0 Å². The summed E-state index contributed by atoms with van der Waals surface area (Å²) < 4.78 is 32.5. The molecule has 0 fully saturated rings. The molecule has 0 unspecified atom stereocenters. The molecule has 0 aliphatic heterocycles. The fraction of sp³-hybridized carbons (Fsp3) is 0.133. The van der Waals surface area contributed by atoms with E-state index in [9.17, 15) is 13.0 Å². The number of rotatable bonds is 4. The minimum atomic E-state index is -4.21. The van der Waals surface area contributed by atoms with Crippen LogP contribution in [-0.2, 0) is 16.5 Å². The Labute approximate surface area is 113 Å². The van der Waals surface area contributed by atoms with Crippen LogP contribution < -0.4 is 0 Å². The Morgan fingerprint density at radius 2 is 1.58 bits per heavy atom. The van der Waals surface area contributed by atoms with Gasteiger partial charge in [-0.1, -0.05) is 60.2 Å². The van der Waals surface area contributed by atoms with Gasteiger partial charge in [-0.2, -0.15) is 8.42 Å². The molecule has 19 heavy (non-hydrogen) atoms. The van der Waals surface area contributed by atoms with Crippen molar-refractivity contribution >= 4 is 10.1 Å². The minimum Gasteiger partial charge on any atom is -0.285 e. The Hall–Kier alpha value is -1.65. The Morgan fingerprint density at radius 1 is 1.00 bits per heavy atom. The maximum absolute atomic E-state index is 11.5. The first-order valence-electron chi connectivity index (χ1n) is 5.91. The molecule has 2 rings (SSSR count). The van der Waals surface area contributed by atoms with Gasteiger partial charge in [0.2, 0.25) is 0 Å². The summed E-state index contributed by atoms with van der Waals surface area (Å²) in [7, 11) is -4.21. The predicted octanol–water partition coefficient (Wildman–Crippen LogP) is 3.01. The Balaban J connectivity index is 2.35. The van der Waals surface area contributed by atoms with Gasteiger partial charge < -0.3 is 0 Å². The lowest BCUT2D eigenvalue weighted by Gasteiger charge is -2.13. The van der Waals surface area contributed by atoms with E-state index in [1.807, 2.05) is 49.4 Å². The monoisotopic (exact) mass is 275 g/mol. The molecule has 3 nitrogen and oxygen atoms in total. The molecule has 2 aromatic carbocycles. The van der Waals surface area contributed by atoms with Crippen molar-refractivity contribution in [1.29, 1.82) is 0 Å². The predicted molar refractivity (Wildman–Crippen MR) is 75.2 cm³/mol. The maximum atomic E-state index is 11.5. The molecule has 0 heterocycles. The summed E-state index contributed by atoms with van der Waals surface area (Å²) in [6.07, 6.45) is 0.183. The number of benzene rings is 2. The molecule has 0 saturated carbocycles. The summed E-state index contributed by atoms with van der Waals surface area (Å²) >= 11 is 0. The highest BCUT2D eigenvalue weighted by Crippen LogP contribution is 2.25. The third kappa shape index (κ3) is 3.66. The summed E-state index contributed by atoms with van der Waals surface area (Å²) in [4.78, 5) is 0. The quantitative estimate of drug-likeness (QED) is 0.873. The number of hydrogen-bond donors (Lipinski definition) is 1. The minimum absolute atomic E-state index is 0.0266. The van der Waals surface area contributed by atoms with Crippen LogP contribution in [0.2, 0.25) is 0 Å². The van der Waals surface area contributed by atoms with Crippen LogP contribution in [0, 0.1) is 12.2 Å². The highest BCUT2D eigenvalue weighted by atomic mass is 32.2. The van der Waals surface area contributed by atoms with Gasteiger partial charge in [0.05, 0.1) is 0 Å². The lowest BCUT2D eigenvalue weighted by Crippen LogP contribution is -2.16. The van der Waals surface area contributed by atoms with Crippen molar-refractivity contribution in [3.63, 3.8) is 0 Å². The number of aryl methyl sites for hydroxylation is 1. The zero-order valence-electron chi connectivity index (χ0n) is 10.6. The van der Waals surface area contributed by atoms with Gasteiger partial charge in [0.1, 0.15) is 0 Å².